The van der Waals surface area contributed by atoms with E-state index in [-0.39, 0.29) is 19.1 Å². The molecule has 258 valence electrons. The van der Waals surface area contributed by atoms with Crippen molar-refractivity contribution in [3.8, 4) is 17.2 Å². The lowest BCUT2D eigenvalue weighted by molar-refractivity contribution is -0.134. The van der Waals surface area contributed by atoms with E-state index in [0.29, 0.717) is 75.6 Å². The van der Waals surface area contributed by atoms with Crippen LogP contribution >= 0.6 is 0 Å². The molecule has 1 fully saturated rings. The fourth-order valence-electron chi connectivity index (χ4n) is 5.13. The Morgan fingerprint density at radius 1 is 0.978 bits per heavy atom. The van der Waals surface area contributed by atoms with Crippen LogP contribution in [0.2, 0.25) is 0 Å². The van der Waals surface area contributed by atoms with E-state index in [4.69, 9.17) is 39.9 Å². The summed E-state index contributed by atoms with van der Waals surface area (Å²) in [7, 11) is 3.19. The smallest absolute Gasteiger partial charge is 0.407 e. The zero-order chi connectivity index (χ0) is 33.1. The topological polar surface area (TPSA) is 157 Å². The highest BCUT2D eigenvalue weighted by molar-refractivity contribution is 5.81. The maximum Gasteiger partial charge on any atom is 0.407 e. The Hall–Kier alpha value is -2.80. The highest BCUT2D eigenvalue weighted by Gasteiger charge is 2.25. The number of alkyl carbamates (subject to hydrolysis) is 1. The van der Waals surface area contributed by atoms with Crippen LogP contribution in [0.5, 0.6) is 17.2 Å². The number of amides is 2. The molecular weight excluding hydrogens is 580 g/mol. The van der Waals surface area contributed by atoms with E-state index in [2.05, 4.69) is 5.32 Å². The molecule has 2 rings (SSSR count). The Bertz CT molecular complexity index is 972. The molecule has 45 heavy (non-hydrogen) atoms. The molecule has 1 aliphatic rings. The molecule has 1 aliphatic carbocycles. The Morgan fingerprint density at radius 3 is 2.22 bits per heavy atom. The molecule has 1 saturated carbocycles. The number of hydrogen-bond donors (Lipinski definition) is 3. The van der Waals surface area contributed by atoms with Crippen LogP contribution in [0.1, 0.15) is 77.7 Å². The van der Waals surface area contributed by atoms with Gasteiger partial charge in [-0.15, -0.1) is 0 Å². The number of ether oxygens (including phenoxy) is 6. The standard InChI is InChI=1S/C33H58N4O8/c1-33(2,3)45-32(39)36-15-17-42-19-20-43-18-16-37(31(38)28(35)13-9-10-14-34)23-27-29(40-4)21-26(22-30(27)41-5)44-24-25-11-7-6-8-12-25/h21-22,25,28H,6-20,23-24,34-35H2,1-5H3,(H,36,39). The zero-order valence-electron chi connectivity index (χ0n) is 28.2. The number of rotatable bonds is 21. The van der Waals surface area contributed by atoms with E-state index in [9.17, 15) is 9.59 Å². The number of methoxy groups -OCH3 is 2. The fraction of sp³-hybridized carbons (Fsp3) is 0.758. The second-order valence-electron chi connectivity index (χ2n) is 12.4. The van der Waals surface area contributed by atoms with Gasteiger partial charge >= 0.3 is 6.09 Å². The van der Waals surface area contributed by atoms with E-state index in [1.54, 1.807) is 19.1 Å². The lowest BCUT2D eigenvalue weighted by Gasteiger charge is -2.28. The van der Waals surface area contributed by atoms with Crippen molar-refractivity contribution in [3.63, 3.8) is 0 Å². The molecule has 0 spiro atoms. The number of nitrogens with one attached hydrogen (secondary N) is 1. The number of carbonyl (C=O) groups excluding carboxylic acids is 2. The van der Waals surface area contributed by atoms with Crippen molar-refractivity contribution in [2.75, 3.05) is 66.9 Å². The molecule has 0 radical (unpaired) electrons. The first-order valence-electron chi connectivity index (χ1n) is 16.3. The fourth-order valence-corrected chi connectivity index (χ4v) is 5.13. The molecular formula is C33H58N4O8. The third-order valence-electron chi connectivity index (χ3n) is 7.53. The molecule has 0 aliphatic heterocycles. The Kier molecular flexibility index (Phi) is 18.0. The summed E-state index contributed by atoms with van der Waals surface area (Å²) >= 11 is 0. The van der Waals surface area contributed by atoms with Crippen molar-refractivity contribution in [3.05, 3.63) is 17.7 Å². The molecule has 1 atom stereocenters. The van der Waals surface area contributed by atoms with E-state index in [0.717, 1.165) is 18.4 Å². The van der Waals surface area contributed by atoms with Gasteiger partial charge in [0.15, 0.2) is 0 Å². The first-order chi connectivity index (χ1) is 21.6. The monoisotopic (exact) mass is 638 g/mol. The highest BCUT2D eigenvalue weighted by Crippen LogP contribution is 2.36. The van der Waals surface area contributed by atoms with E-state index in [1.165, 1.54) is 32.1 Å². The SMILES string of the molecule is COc1cc(OCC2CCCCC2)cc(OC)c1CN(CCOCCOCCNC(=O)OC(C)(C)C)C(=O)C(N)CCCCN. The van der Waals surface area contributed by atoms with Gasteiger partial charge in [0.1, 0.15) is 22.8 Å². The highest BCUT2D eigenvalue weighted by atomic mass is 16.6. The van der Waals surface area contributed by atoms with Crippen LogP contribution in [0.3, 0.4) is 0 Å². The second kappa shape index (κ2) is 21.1. The van der Waals surface area contributed by atoms with Crippen molar-refractivity contribution in [2.24, 2.45) is 17.4 Å². The van der Waals surface area contributed by atoms with E-state index < -0.39 is 17.7 Å². The Morgan fingerprint density at radius 2 is 1.62 bits per heavy atom. The van der Waals surface area contributed by atoms with Crippen molar-refractivity contribution in [2.45, 2.75) is 90.3 Å². The molecule has 2 amide bonds. The third-order valence-corrected chi connectivity index (χ3v) is 7.53. The maximum atomic E-state index is 13.5. The molecule has 0 saturated heterocycles. The molecule has 5 N–H and O–H groups in total. The van der Waals surface area contributed by atoms with Crippen LogP contribution in [0.25, 0.3) is 0 Å². The van der Waals surface area contributed by atoms with Crippen molar-refractivity contribution in [1.29, 1.82) is 0 Å². The first kappa shape index (κ1) is 38.4. The van der Waals surface area contributed by atoms with Crippen molar-refractivity contribution < 1.29 is 38.0 Å². The van der Waals surface area contributed by atoms with Crippen LogP contribution < -0.4 is 31.0 Å². The van der Waals surface area contributed by atoms with Gasteiger partial charge in [-0.2, -0.15) is 0 Å². The minimum atomic E-state index is -0.660. The summed E-state index contributed by atoms with van der Waals surface area (Å²) in [5, 5.41) is 2.65. The third kappa shape index (κ3) is 15.4. The largest absolute Gasteiger partial charge is 0.496 e. The van der Waals surface area contributed by atoms with Crippen LogP contribution in [-0.2, 0) is 25.5 Å². The van der Waals surface area contributed by atoms with Gasteiger partial charge < -0.3 is 50.1 Å². The van der Waals surface area contributed by atoms with Crippen LogP contribution in [-0.4, -0.2) is 95.4 Å². The van der Waals surface area contributed by atoms with Crippen LogP contribution in [0.15, 0.2) is 12.1 Å². The lowest BCUT2D eigenvalue weighted by atomic mass is 9.90. The summed E-state index contributed by atoms with van der Waals surface area (Å²) in [6.07, 6.45) is 7.82. The second-order valence-corrected chi connectivity index (χ2v) is 12.4. The molecule has 0 heterocycles. The number of hydrogen-bond acceptors (Lipinski definition) is 10. The maximum absolute atomic E-state index is 13.5. The summed E-state index contributed by atoms with van der Waals surface area (Å²) in [4.78, 5) is 26.9. The zero-order valence-corrected chi connectivity index (χ0v) is 28.2. The summed E-state index contributed by atoms with van der Waals surface area (Å²) in [5.41, 5.74) is 12.1. The summed E-state index contributed by atoms with van der Waals surface area (Å²) < 4.78 is 34.2. The van der Waals surface area contributed by atoms with Gasteiger partial charge in [0.2, 0.25) is 5.91 Å². The van der Waals surface area contributed by atoms with Crippen molar-refractivity contribution >= 4 is 12.0 Å². The van der Waals surface area contributed by atoms with Gasteiger partial charge in [0, 0.05) is 25.2 Å². The minimum Gasteiger partial charge on any atom is -0.496 e. The number of nitrogens with two attached hydrogens (primary N) is 2. The average molecular weight is 639 g/mol. The quantitative estimate of drug-likeness (QED) is 0.168. The van der Waals surface area contributed by atoms with E-state index >= 15 is 0 Å². The lowest BCUT2D eigenvalue weighted by Crippen LogP contribution is -2.45. The summed E-state index contributed by atoms with van der Waals surface area (Å²) in [6, 6.07) is 3.05. The first-order valence-corrected chi connectivity index (χ1v) is 16.3. The van der Waals surface area contributed by atoms with E-state index in [1.807, 2.05) is 32.9 Å². The molecule has 1 aromatic carbocycles. The molecule has 12 heteroatoms. The number of unbranched alkanes of at least 4 members (excludes halogenated alkanes) is 1. The van der Waals surface area contributed by atoms with Gasteiger partial charge in [-0.05, 0) is 58.9 Å². The van der Waals surface area contributed by atoms with Crippen LogP contribution in [0, 0.1) is 5.92 Å². The molecule has 0 aromatic heterocycles. The molecule has 0 bridgehead atoms. The summed E-state index contributed by atoms with van der Waals surface area (Å²) in [5.74, 6) is 2.22. The van der Waals surface area contributed by atoms with Gasteiger partial charge in [-0.25, -0.2) is 4.79 Å². The minimum absolute atomic E-state index is 0.179. The Balaban J connectivity index is 1.96. The van der Waals surface area contributed by atoms with Gasteiger partial charge in [-0.3, -0.25) is 4.79 Å². The van der Waals surface area contributed by atoms with Gasteiger partial charge in [-0.1, -0.05) is 25.7 Å². The van der Waals surface area contributed by atoms with Gasteiger partial charge in [0.25, 0.3) is 0 Å². The van der Waals surface area contributed by atoms with Crippen LogP contribution in [0.4, 0.5) is 4.79 Å². The normalized spacial score (nSPS) is 14.5. The predicted octanol–water partition coefficient (Wildman–Crippen LogP) is 4.01. The Labute approximate surface area is 269 Å². The number of benzene rings is 1. The molecule has 1 aromatic rings. The molecule has 12 nitrogen and oxygen atoms in total. The van der Waals surface area contributed by atoms with Crippen molar-refractivity contribution in [1.82, 2.24) is 10.2 Å². The summed E-state index contributed by atoms with van der Waals surface area (Å²) in [6.45, 7) is 8.79. The van der Waals surface area contributed by atoms with Gasteiger partial charge in [0.05, 0.1) is 65.4 Å². The average Bonchev–Trinajstić information content (AvgIpc) is 3.01. The predicted molar refractivity (Wildman–Crippen MR) is 174 cm³/mol. The molecule has 1 unspecified atom stereocenters. The number of nitrogens with zero attached hydrogens (tertiary/aromatic N) is 1. The number of carbonyl (C=O) groups is 2.